The van der Waals surface area contributed by atoms with Crippen LogP contribution in [0.15, 0.2) is 54.9 Å². The number of ether oxygens (including phenoxy) is 2. The van der Waals surface area contributed by atoms with E-state index < -0.39 is 12.1 Å². The van der Waals surface area contributed by atoms with Crippen LogP contribution >= 0.6 is 0 Å². The van der Waals surface area contributed by atoms with E-state index in [-0.39, 0.29) is 12.3 Å². The summed E-state index contributed by atoms with van der Waals surface area (Å²) in [5.74, 6) is 0.291. The molecule has 0 aliphatic carbocycles. The average Bonchev–Trinajstić information content (AvgIpc) is 3.24. The summed E-state index contributed by atoms with van der Waals surface area (Å²) < 4.78 is 12.7. The van der Waals surface area contributed by atoms with Crippen LogP contribution in [0.1, 0.15) is 41.2 Å². The maximum Gasteiger partial charge on any atom is 0.307 e. The zero-order chi connectivity index (χ0) is 23.8. The molecule has 3 aromatic rings. The predicted molar refractivity (Wildman–Crippen MR) is 126 cm³/mol. The molecule has 33 heavy (non-hydrogen) atoms. The van der Waals surface area contributed by atoms with Crippen molar-refractivity contribution in [3.8, 4) is 11.5 Å². The fourth-order valence-electron chi connectivity index (χ4n) is 4.12. The van der Waals surface area contributed by atoms with Crippen LogP contribution < -0.4 is 9.47 Å². The summed E-state index contributed by atoms with van der Waals surface area (Å²) in [6.45, 7) is 2.38. The van der Waals surface area contributed by atoms with Gasteiger partial charge in [-0.15, -0.1) is 0 Å². The van der Waals surface area contributed by atoms with Crippen LogP contribution in [-0.2, 0) is 24.2 Å². The van der Waals surface area contributed by atoms with Gasteiger partial charge in [0.15, 0.2) is 0 Å². The largest absolute Gasteiger partial charge is 0.496 e. The summed E-state index contributed by atoms with van der Waals surface area (Å²) in [7, 11) is 3.20. The number of rotatable bonds is 12. The van der Waals surface area contributed by atoms with Gasteiger partial charge in [-0.25, -0.2) is 0 Å². The van der Waals surface area contributed by atoms with Crippen molar-refractivity contribution in [3.63, 3.8) is 0 Å². The summed E-state index contributed by atoms with van der Waals surface area (Å²) in [6.07, 6.45) is 5.04. The highest BCUT2D eigenvalue weighted by atomic mass is 16.5. The predicted octanol–water partition coefficient (Wildman–Crippen LogP) is 4.21. The highest BCUT2D eigenvalue weighted by Gasteiger charge is 2.24. The summed E-state index contributed by atoms with van der Waals surface area (Å²) >= 11 is 0. The van der Waals surface area contributed by atoms with Gasteiger partial charge in [0, 0.05) is 29.8 Å². The lowest BCUT2D eigenvalue weighted by Crippen LogP contribution is -2.20. The molecular formula is C26H32N2O5. The molecule has 0 aliphatic heterocycles. The van der Waals surface area contributed by atoms with Gasteiger partial charge < -0.3 is 19.7 Å². The van der Waals surface area contributed by atoms with Gasteiger partial charge in [0.2, 0.25) is 0 Å². The average molecular weight is 453 g/mol. The number of carboxylic acids is 1. The Morgan fingerprint density at radius 2 is 1.76 bits per heavy atom. The van der Waals surface area contributed by atoms with Crippen molar-refractivity contribution in [2.45, 2.75) is 45.3 Å². The standard InChI is InChI=1S/C26H32N2O5/c1-18-23(32-2)13-22(14-24(18)33-3)26(31)21(11-7-10-19-8-5-4-6-9-19)17-28-16-20(15-27-28)12-25(29)30/h4-6,8-9,13-16,21,26,31H,7,10-12,17H2,1-3H3,(H,29,30)/t21-,26?/m1/s1. The monoisotopic (exact) mass is 452 g/mol. The first-order valence-electron chi connectivity index (χ1n) is 11.1. The second-order valence-corrected chi connectivity index (χ2v) is 8.27. The molecule has 7 heteroatoms. The topological polar surface area (TPSA) is 93.8 Å². The van der Waals surface area contributed by atoms with Crippen LogP contribution in [0.3, 0.4) is 0 Å². The van der Waals surface area contributed by atoms with Crippen molar-refractivity contribution < 1.29 is 24.5 Å². The van der Waals surface area contributed by atoms with Crippen LogP contribution in [-0.4, -0.2) is 40.2 Å². The lowest BCUT2D eigenvalue weighted by Gasteiger charge is -2.25. The Morgan fingerprint density at radius 1 is 1.09 bits per heavy atom. The van der Waals surface area contributed by atoms with Gasteiger partial charge in [-0.3, -0.25) is 9.48 Å². The number of benzene rings is 2. The number of aromatic nitrogens is 2. The van der Waals surface area contributed by atoms with E-state index >= 15 is 0 Å². The Labute approximate surface area is 194 Å². The van der Waals surface area contributed by atoms with Crippen molar-refractivity contribution in [2.75, 3.05) is 14.2 Å². The van der Waals surface area contributed by atoms with Crippen molar-refractivity contribution in [1.29, 1.82) is 0 Å². The molecule has 0 fully saturated rings. The number of methoxy groups -OCH3 is 2. The van der Waals surface area contributed by atoms with E-state index in [4.69, 9.17) is 14.6 Å². The molecule has 1 aromatic heterocycles. The number of hydrogen-bond donors (Lipinski definition) is 2. The summed E-state index contributed by atoms with van der Waals surface area (Å²) in [5.41, 5.74) is 3.49. The molecule has 1 heterocycles. The van der Waals surface area contributed by atoms with Gasteiger partial charge in [0.25, 0.3) is 0 Å². The number of nitrogens with zero attached hydrogens (tertiary/aromatic N) is 2. The Balaban J connectivity index is 1.81. The minimum atomic E-state index is -0.896. The van der Waals surface area contributed by atoms with Crippen molar-refractivity contribution in [1.82, 2.24) is 9.78 Å². The molecule has 2 aromatic carbocycles. The van der Waals surface area contributed by atoms with Crippen LogP contribution in [0.25, 0.3) is 0 Å². The molecule has 7 nitrogen and oxygen atoms in total. The van der Waals surface area contributed by atoms with Gasteiger partial charge in [-0.05, 0) is 49.4 Å². The highest BCUT2D eigenvalue weighted by molar-refractivity contribution is 5.69. The van der Waals surface area contributed by atoms with Crippen molar-refractivity contribution in [2.24, 2.45) is 5.92 Å². The van der Waals surface area contributed by atoms with E-state index in [2.05, 4.69) is 17.2 Å². The maximum atomic E-state index is 11.4. The molecule has 0 spiro atoms. The molecule has 0 bridgehead atoms. The van der Waals surface area contributed by atoms with Crippen molar-refractivity contribution >= 4 is 5.97 Å². The second kappa shape index (κ2) is 11.5. The quantitative estimate of drug-likeness (QED) is 0.428. The fourth-order valence-corrected chi connectivity index (χ4v) is 4.12. The number of aliphatic hydroxyl groups excluding tert-OH is 1. The third-order valence-corrected chi connectivity index (χ3v) is 5.91. The summed E-state index contributed by atoms with van der Waals surface area (Å²) in [4.78, 5) is 11.0. The molecular weight excluding hydrogens is 420 g/mol. The molecule has 176 valence electrons. The van der Waals surface area contributed by atoms with Gasteiger partial charge in [-0.2, -0.15) is 5.10 Å². The van der Waals surface area contributed by atoms with E-state index in [9.17, 15) is 9.90 Å². The van der Waals surface area contributed by atoms with Gasteiger partial charge in [0.1, 0.15) is 11.5 Å². The molecule has 0 aliphatic rings. The Hall–Kier alpha value is -3.32. The van der Waals surface area contributed by atoms with Gasteiger partial charge in [-0.1, -0.05) is 30.3 Å². The molecule has 3 rings (SSSR count). The van der Waals surface area contributed by atoms with E-state index in [1.165, 1.54) is 5.56 Å². The SMILES string of the molecule is COc1cc(C(O)[C@H](CCCc2ccccc2)Cn2cc(CC(=O)O)cn2)cc(OC)c1C. The summed E-state index contributed by atoms with van der Waals surface area (Å²) in [6, 6.07) is 14.0. The number of aryl methyl sites for hydroxylation is 1. The normalized spacial score (nSPS) is 12.8. The molecule has 0 radical (unpaired) electrons. The third kappa shape index (κ3) is 6.58. The van der Waals surface area contributed by atoms with E-state index in [0.29, 0.717) is 23.6 Å². The fraction of sp³-hybridized carbons (Fsp3) is 0.385. The zero-order valence-corrected chi connectivity index (χ0v) is 19.4. The Morgan fingerprint density at radius 3 is 2.36 bits per heavy atom. The van der Waals surface area contributed by atoms with Gasteiger partial charge >= 0.3 is 5.97 Å². The van der Waals surface area contributed by atoms with E-state index in [0.717, 1.165) is 30.4 Å². The lowest BCUT2D eigenvalue weighted by atomic mass is 9.89. The van der Waals surface area contributed by atoms with E-state index in [1.54, 1.807) is 31.3 Å². The zero-order valence-electron chi connectivity index (χ0n) is 19.4. The number of aliphatic carboxylic acids is 1. The van der Waals surface area contributed by atoms with Crippen LogP contribution in [0.4, 0.5) is 0 Å². The maximum absolute atomic E-state index is 11.4. The number of carbonyl (C=O) groups is 1. The molecule has 0 saturated heterocycles. The van der Waals surface area contributed by atoms with Crippen molar-refractivity contribution in [3.05, 3.63) is 77.1 Å². The third-order valence-electron chi connectivity index (χ3n) is 5.91. The number of aliphatic hydroxyl groups is 1. The smallest absolute Gasteiger partial charge is 0.307 e. The lowest BCUT2D eigenvalue weighted by molar-refractivity contribution is -0.136. The highest BCUT2D eigenvalue weighted by Crippen LogP contribution is 2.36. The van der Waals surface area contributed by atoms with Crippen LogP contribution in [0.5, 0.6) is 11.5 Å². The summed E-state index contributed by atoms with van der Waals surface area (Å²) in [5, 5.41) is 24.7. The van der Waals surface area contributed by atoms with Crippen LogP contribution in [0.2, 0.25) is 0 Å². The molecule has 0 amide bonds. The molecule has 0 saturated carbocycles. The molecule has 2 N–H and O–H groups in total. The van der Waals surface area contributed by atoms with Gasteiger partial charge in [0.05, 0.1) is 32.9 Å². The Kier molecular flexibility index (Phi) is 8.49. The first kappa shape index (κ1) is 24.3. The first-order chi connectivity index (χ1) is 15.9. The number of carboxylic acid groups (broad SMARTS) is 1. The molecule has 1 unspecified atom stereocenters. The molecule has 2 atom stereocenters. The Bertz CT molecular complexity index is 1020. The van der Waals surface area contributed by atoms with Crippen LogP contribution in [0, 0.1) is 12.8 Å². The van der Waals surface area contributed by atoms with E-state index in [1.807, 2.05) is 37.3 Å². The number of hydrogen-bond acceptors (Lipinski definition) is 5. The minimum Gasteiger partial charge on any atom is -0.496 e. The second-order valence-electron chi connectivity index (χ2n) is 8.27. The first-order valence-corrected chi connectivity index (χ1v) is 11.1. The minimum absolute atomic E-state index is 0.0758.